The molecule has 0 saturated carbocycles. The lowest BCUT2D eigenvalue weighted by molar-refractivity contribution is -0.160. The second-order valence-corrected chi connectivity index (χ2v) is 10.3. The lowest BCUT2D eigenvalue weighted by atomic mass is 9.66. The van der Waals surface area contributed by atoms with Crippen LogP contribution in [0.1, 0.15) is 67.8 Å². The van der Waals surface area contributed by atoms with Gasteiger partial charge in [-0.2, -0.15) is 0 Å². The molecule has 0 unspecified atom stereocenters. The summed E-state index contributed by atoms with van der Waals surface area (Å²) < 4.78 is 0. The zero-order chi connectivity index (χ0) is 25.2. The van der Waals surface area contributed by atoms with Crippen LogP contribution in [0.15, 0.2) is 73.1 Å². The molecular weight excluding hydrogens is 483 g/mol. The van der Waals surface area contributed by atoms with Crippen LogP contribution in [-0.2, 0) is 9.59 Å². The highest BCUT2D eigenvalue weighted by atomic mass is 35.5. The van der Waals surface area contributed by atoms with E-state index >= 15 is 0 Å². The number of carbonyl (C=O) groups is 2. The molecule has 2 aromatic carbocycles. The maximum atomic E-state index is 14.2. The van der Waals surface area contributed by atoms with Crippen molar-refractivity contribution in [3.63, 3.8) is 0 Å². The van der Waals surface area contributed by atoms with Gasteiger partial charge in [-0.1, -0.05) is 67.4 Å². The Labute approximate surface area is 215 Å². The number of aliphatic carboxylic acids is 1. The molecule has 3 aromatic rings. The minimum absolute atomic E-state index is 0.172. The number of aromatic nitrogens is 1. The van der Waals surface area contributed by atoms with Crippen molar-refractivity contribution in [3.8, 4) is 0 Å². The Hall–Kier alpha value is -2.89. The molecule has 1 aromatic heterocycles. The van der Waals surface area contributed by atoms with E-state index in [2.05, 4.69) is 4.98 Å². The molecule has 35 heavy (non-hydrogen) atoms. The van der Waals surface area contributed by atoms with Gasteiger partial charge in [0.05, 0.1) is 23.9 Å². The van der Waals surface area contributed by atoms with E-state index in [4.69, 9.17) is 23.2 Å². The zero-order valence-corrected chi connectivity index (χ0v) is 21.2. The fourth-order valence-corrected chi connectivity index (χ4v) is 5.71. The smallest absolute Gasteiger partial charge is 0.304 e. The van der Waals surface area contributed by atoms with Crippen LogP contribution in [0.2, 0.25) is 10.0 Å². The van der Waals surface area contributed by atoms with E-state index in [0.29, 0.717) is 22.9 Å². The Balaban J connectivity index is 1.95. The number of halogens is 2. The summed E-state index contributed by atoms with van der Waals surface area (Å²) in [5, 5.41) is 11.0. The molecule has 1 N–H and O–H groups in total. The van der Waals surface area contributed by atoms with Crippen LogP contribution in [0.3, 0.4) is 0 Å². The monoisotopic (exact) mass is 510 g/mol. The predicted molar refractivity (Wildman–Crippen MR) is 137 cm³/mol. The Morgan fingerprint density at radius 1 is 1.11 bits per heavy atom. The highest BCUT2D eigenvalue weighted by molar-refractivity contribution is 6.30. The Bertz CT molecular complexity index is 1200. The summed E-state index contributed by atoms with van der Waals surface area (Å²) in [6, 6.07) is 18.3. The van der Waals surface area contributed by atoms with E-state index in [1.54, 1.807) is 19.3 Å². The summed E-state index contributed by atoms with van der Waals surface area (Å²) >= 11 is 12.6. The number of piperidine rings is 1. The quantitative estimate of drug-likeness (QED) is 0.368. The molecule has 182 valence electrons. The number of carboxylic acid groups (broad SMARTS) is 1. The number of benzene rings is 2. The van der Waals surface area contributed by atoms with E-state index in [9.17, 15) is 14.7 Å². The van der Waals surface area contributed by atoms with Gasteiger partial charge in [-0.15, -0.1) is 0 Å². The second-order valence-electron chi connectivity index (χ2n) is 9.42. The van der Waals surface area contributed by atoms with Crippen LogP contribution in [0, 0.1) is 5.41 Å². The maximum absolute atomic E-state index is 14.2. The Morgan fingerprint density at radius 2 is 1.86 bits per heavy atom. The minimum atomic E-state index is -1.09. The number of pyridine rings is 1. The Morgan fingerprint density at radius 3 is 2.46 bits per heavy atom. The van der Waals surface area contributed by atoms with E-state index in [0.717, 1.165) is 16.7 Å². The van der Waals surface area contributed by atoms with Crippen molar-refractivity contribution < 1.29 is 14.7 Å². The number of carbonyl (C=O) groups excluding carboxylic acids is 1. The van der Waals surface area contributed by atoms with Crippen LogP contribution in [0.5, 0.6) is 0 Å². The van der Waals surface area contributed by atoms with Gasteiger partial charge in [0.1, 0.15) is 0 Å². The average molecular weight is 511 g/mol. The number of hydrogen-bond acceptors (Lipinski definition) is 3. The minimum Gasteiger partial charge on any atom is -0.481 e. The van der Waals surface area contributed by atoms with Gasteiger partial charge in [-0.3, -0.25) is 14.6 Å². The fraction of sp³-hybridized carbons (Fsp3) is 0.321. The lowest BCUT2D eigenvalue weighted by Crippen LogP contribution is -2.53. The van der Waals surface area contributed by atoms with Gasteiger partial charge in [-0.25, -0.2) is 0 Å². The van der Waals surface area contributed by atoms with Gasteiger partial charge >= 0.3 is 5.97 Å². The number of likely N-dealkylation sites (tertiary alicyclic amines) is 1. The van der Waals surface area contributed by atoms with Crippen molar-refractivity contribution in [3.05, 3.63) is 99.8 Å². The Kier molecular flexibility index (Phi) is 7.48. The summed E-state index contributed by atoms with van der Waals surface area (Å²) in [5.41, 5.74) is 1.73. The van der Waals surface area contributed by atoms with Gasteiger partial charge in [-0.05, 0) is 59.9 Å². The molecule has 0 aliphatic carbocycles. The molecule has 0 radical (unpaired) electrons. The third kappa shape index (κ3) is 5.21. The first-order chi connectivity index (χ1) is 16.7. The molecule has 2 heterocycles. The first kappa shape index (κ1) is 25.2. The van der Waals surface area contributed by atoms with Gasteiger partial charge < -0.3 is 10.0 Å². The van der Waals surface area contributed by atoms with Crippen molar-refractivity contribution in [2.24, 2.45) is 5.41 Å². The summed E-state index contributed by atoms with van der Waals surface area (Å²) in [4.78, 5) is 32.3. The van der Waals surface area contributed by atoms with Crippen molar-refractivity contribution in [1.29, 1.82) is 0 Å². The molecule has 4 rings (SSSR count). The number of rotatable bonds is 7. The summed E-state index contributed by atoms with van der Waals surface area (Å²) in [6.45, 7) is 3.80. The first-order valence-electron chi connectivity index (χ1n) is 11.7. The second kappa shape index (κ2) is 10.4. The van der Waals surface area contributed by atoms with E-state index in [1.807, 2.05) is 72.5 Å². The topological polar surface area (TPSA) is 70.5 Å². The third-order valence-electron chi connectivity index (χ3n) is 6.92. The van der Waals surface area contributed by atoms with Crippen LogP contribution >= 0.6 is 23.2 Å². The van der Waals surface area contributed by atoms with E-state index < -0.39 is 11.4 Å². The zero-order valence-electron chi connectivity index (χ0n) is 19.7. The molecule has 1 aliphatic heterocycles. The third-order valence-corrected chi connectivity index (χ3v) is 7.41. The summed E-state index contributed by atoms with van der Waals surface area (Å²) in [5.74, 6) is -1.35. The van der Waals surface area contributed by atoms with Gasteiger partial charge in [0.25, 0.3) is 0 Å². The molecule has 1 fully saturated rings. The molecule has 7 heteroatoms. The number of nitrogens with zero attached hydrogens (tertiary/aromatic N) is 2. The van der Waals surface area contributed by atoms with E-state index in [1.165, 1.54) is 0 Å². The lowest BCUT2D eigenvalue weighted by Gasteiger charge is -2.52. The highest BCUT2D eigenvalue weighted by Gasteiger charge is 2.52. The molecular formula is C28H28Cl2N2O3. The standard InChI is InChI=1S/C28H28Cl2N2O3/c1-3-24(20-7-5-13-31-17-20)32-26(18-9-11-21(29)12-10-18)23(19-6-4-8-22(30)14-19)15-28(2,27(32)35)16-25(33)34/h4-14,17,23-24,26H,3,15-16H2,1-2H3,(H,33,34)/t23-,24+,26-,28-/m1/s1. The highest BCUT2D eigenvalue weighted by Crippen LogP contribution is 2.54. The van der Waals surface area contributed by atoms with Crippen LogP contribution in [0.4, 0.5) is 0 Å². The molecule has 1 aliphatic rings. The van der Waals surface area contributed by atoms with Gasteiger partial charge in [0, 0.05) is 28.4 Å². The SMILES string of the molecule is CC[C@@H](c1cccnc1)N1C(=O)[C@@](C)(CC(=O)O)C[C@H](c2cccc(Cl)c2)[C@H]1c1ccc(Cl)cc1. The van der Waals surface area contributed by atoms with Gasteiger partial charge in [0.2, 0.25) is 5.91 Å². The number of amides is 1. The molecule has 1 amide bonds. The number of carboxylic acids is 1. The molecule has 5 nitrogen and oxygen atoms in total. The van der Waals surface area contributed by atoms with Crippen molar-refractivity contribution in [1.82, 2.24) is 9.88 Å². The van der Waals surface area contributed by atoms with Crippen molar-refractivity contribution in [2.45, 2.75) is 51.1 Å². The first-order valence-corrected chi connectivity index (χ1v) is 12.4. The van der Waals surface area contributed by atoms with Crippen LogP contribution < -0.4 is 0 Å². The molecule has 1 saturated heterocycles. The van der Waals surface area contributed by atoms with Crippen molar-refractivity contribution in [2.75, 3.05) is 0 Å². The maximum Gasteiger partial charge on any atom is 0.304 e. The average Bonchev–Trinajstić information content (AvgIpc) is 2.83. The van der Waals surface area contributed by atoms with Crippen molar-refractivity contribution >= 4 is 35.1 Å². The predicted octanol–water partition coefficient (Wildman–Crippen LogP) is 7.08. The number of hydrogen-bond donors (Lipinski definition) is 1. The molecule has 0 spiro atoms. The van der Waals surface area contributed by atoms with Gasteiger partial charge in [0.15, 0.2) is 0 Å². The normalized spacial score (nSPS) is 23.2. The summed E-state index contributed by atoms with van der Waals surface area (Å²) in [6.07, 6.45) is 4.25. The molecule has 0 bridgehead atoms. The van der Waals surface area contributed by atoms with Crippen LogP contribution in [-0.4, -0.2) is 26.9 Å². The molecule has 4 atom stereocenters. The van der Waals surface area contributed by atoms with Crippen LogP contribution in [0.25, 0.3) is 0 Å². The summed E-state index contributed by atoms with van der Waals surface area (Å²) in [7, 11) is 0. The fourth-order valence-electron chi connectivity index (χ4n) is 5.39. The van der Waals surface area contributed by atoms with E-state index in [-0.39, 0.29) is 30.3 Å². The largest absolute Gasteiger partial charge is 0.481 e.